The summed E-state index contributed by atoms with van der Waals surface area (Å²) < 4.78 is 13.5. The maximum atomic E-state index is 10.7. The van der Waals surface area contributed by atoms with E-state index in [0.29, 0.717) is 19.8 Å². The molecule has 0 aliphatic carbocycles. The van der Waals surface area contributed by atoms with Gasteiger partial charge in [-0.3, -0.25) is 4.68 Å². The number of aromatic nitrogens is 2. The highest BCUT2D eigenvalue weighted by atomic mass is 79.9. The van der Waals surface area contributed by atoms with Gasteiger partial charge in [-0.15, -0.1) is 0 Å². The van der Waals surface area contributed by atoms with Crippen molar-refractivity contribution in [3.8, 4) is 0 Å². The van der Waals surface area contributed by atoms with E-state index in [1.165, 1.54) is 0 Å². The van der Waals surface area contributed by atoms with Gasteiger partial charge in [-0.25, -0.2) is 0 Å². The maximum absolute atomic E-state index is 10.7. The molecule has 2 atom stereocenters. The molecular formula is C13H21BrN2O3. The summed E-state index contributed by atoms with van der Waals surface area (Å²) in [6.45, 7) is 3.85. The van der Waals surface area contributed by atoms with Crippen molar-refractivity contribution in [1.82, 2.24) is 9.78 Å². The van der Waals surface area contributed by atoms with Crippen LogP contribution in [0.15, 0.2) is 10.7 Å². The first-order valence-corrected chi connectivity index (χ1v) is 7.40. The molecule has 6 heteroatoms. The fourth-order valence-corrected chi connectivity index (χ4v) is 2.97. The Kier molecular flexibility index (Phi) is 5.00. The molecule has 1 saturated heterocycles. The summed E-state index contributed by atoms with van der Waals surface area (Å²) >= 11 is 3.46. The third-order valence-electron chi connectivity index (χ3n) is 3.68. The molecule has 0 bridgehead atoms. The van der Waals surface area contributed by atoms with Crippen LogP contribution in [0, 0.1) is 0 Å². The first kappa shape index (κ1) is 15.0. The van der Waals surface area contributed by atoms with Crippen LogP contribution in [0.3, 0.4) is 0 Å². The van der Waals surface area contributed by atoms with Gasteiger partial charge in [0, 0.05) is 13.7 Å². The van der Waals surface area contributed by atoms with Crippen molar-refractivity contribution in [2.45, 2.75) is 44.4 Å². The lowest BCUT2D eigenvalue weighted by molar-refractivity contribution is -0.141. The van der Waals surface area contributed by atoms with E-state index >= 15 is 0 Å². The van der Waals surface area contributed by atoms with Crippen LogP contribution in [0.1, 0.15) is 38.0 Å². The van der Waals surface area contributed by atoms with Gasteiger partial charge < -0.3 is 14.6 Å². The first-order valence-electron chi connectivity index (χ1n) is 6.60. The molecule has 2 heterocycles. The predicted molar refractivity (Wildman–Crippen MR) is 75.0 cm³/mol. The second-order valence-electron chi connectivity index (χ2n) is 5.11. The minimum atomic E-state index is -0.693. The molecule has 1 aliphatic rings. The summed E-state index contributed by atoms with van der Waals surface area (Å²) in [6, 6.07) is 0. The van der Waals surface area contributed by atoms with Crippen LogP contribution in [0.5, 0.6) is 0 Å². The molecule has 108 valence electrons. The number of methoxy groups -OCH3 is 1. The Labute approximate surface area is 122 Å². The topological polar surface area (TPSA) is 56.5 Å². The van der Waals surface area contributed by atoms with E-state index in [4.69, 9.17) is 9.47 Å². The number of halogens is 1. The number of rotatable bonds is 5. The van der Waals surface area contributed by atoms with Gasteiger partial charge in [0.2, 0.25) is 0 Å². The highest BCUT2D eigenvalue weighted by Gasteiger charge is 2.39. The molecule has 1 fully saturated rings. The summed E-state index contributed by atoms with van der Waals surface area (Å²) in [4.78, 5) is 0. The lowest BCUT2D eigenvalue weighted by atomic mass is 9.88. The zero-order valence-corrected chi connectivity index (χ0v) is 13.0. The average Bonchev–Trinajstić information content (AvgIpc) is 2.77. The standard InChI is InChI=1S/C13H21BrN2O3/c1-13(5-3-4-7-19-13)12(17)11-10(14)9-15-16(11)6-8-18-2/h9,12,17H,3-8H2,1-2H3. The monoisotopic (exact) mass is 332 g/mol. The second-order valence-corrected chi connectivity index (χ2v) is 5.97. The van der Waals surface area contributed by atoms with Crippen LogP contribution < -0.4 is 0 Å². The lowest BCUT2D eigenvalue weighted by Crippen LogP contribution is -2.40. The Morgan fingerprint density at radius 1 is 1.63 bits per heavy atom. The van der Waals surface area contributed by atoms with Crippen LogP contribution >= 0.6 is 15.9 Å². The smallest absolute Gasteiger partial charge is 0.125 e. The van der Waals surface area contributed by atoms with E-state index in [2.05, 4.69) is 21.0 Å². The summed E-state index contributed by atoms with van der Waals surface area (Å²) in [5.41, 5.74) is 0.229. The van der Waals surface area contributed by atoms with Gasteiger partial charge in [-0.2, -0.15) is 5.10 Å². The van der Waals surface area contributed by atoms with Gasteiger partial charge in [0.05, 0.1) is 35.1 Å². The van der Waals surface area contributed by atoms with E-state index < -0.39 is 11.7 Å². The molecule has 0 saturated carbocycles. The molecule has 1 aromatic rings. The Hall–Kier alpha value is -0.430. The quantitative estimate of drug-likeness (QED) is 0.898. The first-order chi connectivity index (χ1) is 9.08. The molecule has 0 spiro atoms. The number of aliphatic hydroxyl groups excluding tert-OH is 1. The van der Waals surface area contributed by atoms with Gasteiger partial charge >= 0.3 is 0 Å². The lowest BCUT2D eigenvalue weighted by Gasteiger charge is -2.38. The van der Waals surface area contributed by atoms with E-state index in [1.807, 2.05) is 6.92 Å². The van der Waals surface area contributed by atoms with E-state index in [-0.39, 0.29) is 0 Å². The van der Waals surface area contributed by atoms with E-state index in [1.54, 1.807) is 18.0 Å². The molecule has 0 aromatic carbocycles. The Balaban J connectivity index is 2.21. The summed E-state index contributed by atoms with van der Waals surface area (Å²) in [6.07, 6.45) is 4.02. The number of aliphatic hydroxyl groups is 1. The van der Waals surface area contributed by atoms with Crippen LogP contribution in [-0.4, -0.2) is 40.8 Å². The highest BCUT2D eigenvalue weighted by molar-refractivity contribution is 9.10. The van der Waals surface area contributed by atoms with Gasteiger partial charge in [-0.1, -0.05) is 0 Å². The van der Waals surface area contributed by atoms with Crippen LogP contribution in [0.25, 0.3) is 0 Å². The van der Waals surface area contributed by atoms with Crippen LogP contribution in [0.2, 0.25) is 0 Å². The Bertz CT molecular complexity index is 416. The third kappa shape index (κ3) is 3.18. The van der Waals surface area contributed by atoms with Crippen molar-refractivity contribution in [3.63, 3.8) is 0 Å². The number of nitrogens with zero attached hydrogens (tertiary/aromatic N) is 2. The fourth-order valence-electron chi connectivity index (χ4n) is 2.46. The maximum Gasteiger partial charge on any atom is 0.125 e. The van der Waals surface area contributed by atoms with Crippen molar-refractivity contribution in [1.29, 1.82) is 0 Å². The molecule has 1 aliphatic heterocycles. The normalized spacial score (nSPS) is 25.5. The highest BCUT2D eigenvalue weighted by Crippen LogP contribution is 2.38. The summed E-state index contributed by atoms with van der Waals surface area (Å²) in [5, 5.41) is 15.0. The van der Waals surface area contributed by atoms with Crippen molar-refractivity contribution in [2.75, 3.05) is 20.3 Å². The summed E-state index contributed by atoms with van der Waals surface area (Å²) in [7, 11) is 1.65. The zero-order valence-electron chi connectivity index (χ0n) is 11.4. The Morgan fingerprint density at radius 3 is 3.05 bits per heavy atom. The second kappa shape index (κ2) is 6.35. The number of hydrogen-bond donors (Lipinski definition) is 1. The molecule has 0 amide bonds. The van der Waals surface area contributed by atoms with Gasteiger partial charge in [0.15, 0.2) is 0 Å². The molecule has 1 N–H and O–H groups in total. The van der Waals surface area contributed by atoms with Gasteiger partial charge in [-0.05, 0) is 42.1 Å². The van der Waals surface area contributed by atoms with Crippen LogP contribution in [0.4, 0.5) is 0 Å². The van der Waals surface area contributed by atoms with Crippen molar-refractivity contribution < 1.29 is 14.6 Å². The zero-order chi connectivity index (χ0) is 13.9. The molecule has 2 unspecified atom stereocenters. The molecule has 1 aromatic heterocycles. The van der Waals surface area contributed by atoms with Crippen molar-refractivity contribution in [3.05, 3.63) is 16.4 Å². The molecule has 19 heavy (non-hydrogen) atoms. The molecule has 2 rings (SSSR count). The Morgan fingerprint density at radius 2 is 2.42 bits per heavy atom. The minimum Gasteiger partial charge on any atom is -0.384 e. The van der Waals surface area contributed by atoms with Crippen LogP contribution in [-0.2, 0) is 16.0 Å². The molecule has 0 radical (unpaired) electrons. The fraction of sp³-hybridized carbons (Fsp3) is 0.769. The largest absolute Gasteiger partial charge is 0.384 e. The van der Waals surface area contributed by atoms with Crippen molar-refractivity contribution in [2.24, 2.45) is 0 Å². The number of hydrogen-bond acceptors (Lipinski definition) is 4. The van der Waals surface area contributed by atoms with E-state index in [0.717, 1.165) is 29.4 Å². The number of ether oxygens (including phenoxy) is 2. The SMILES string of the molecule is COCCn1ncc(Br)c1C(O)C1(C)CCCCO1. The average molecular weight is 333 g/mol. The van der Waals surface area contributed by atoms with Crippen molar-refractivity contribution >= 4 is 15.9 Å². The summed E-state index contributed by atoms with van der Waals surface area (Å²) in [5.74, 6) is 0. The predicted octanol–water partition coefficient (Wildman–Crippen LogP) is 2.28. The minimum absolute atomic E-state index is 0.536. The van der Waals surface area contributed by atoms with Gasteiger partial charge in [0.25, 0.3) is 0 Å². The van der Waals surface area contributed by atoms with Gasteiger partial charge in [0.1, 0.15) is 6.10 Å². The van der Waals surface area contributed by atoms with E-state index in [9.17, 15) is 5.11 Å². The third-order valence-corrected chi connectivity index (χ3v) is 4.29. The molecular weight excluding hydrogens is 312 g/mol. The molecule has 5 nitrogen and oxygen atoms in total.